The van der Waals surface area contributed by atoms with Gasteiger partial charge in [0.05, 0.1) is 6.04 Å². The zero-order valence-corrected chi connectivity index (χ0v) is 11.8. The van der Waals surface area contributed by atoms with Gasteiger partial charge in [0.25, 0.3) is 0 Å². The second kappa shape index (κ2) is 6.18. The van der Waals surface area contributed by atoms with Crippen molar-refractivity contribution in [3.63, 3.8) is 0 Å². The van der Waals surface area contributed by atoms with E-state index in [0.29, 0.717) is 5.56 Å². The summed E-state index contributed by atoms with van der Waals surface area (Å²) in [6.07, 6.45) is 0. The first kappa shape index (κ1) is 14.0. The lowest BCUT2D eigenvalue weighted by atomic mass is 9.97. The zero-order chi connectivity index (χ0) is 13.8. The smallest absolute Gasteiger partial charge is 0.126 e. The standard InChI is InChI=1S/C16H17ClFN/c1-3-19-16(13-6-4-5-7-14(13)17)12-8-9-15(18)11(2)10-12/h4-10,16,19H,3H2,1-2H3. The first-order chi connectivity index (χ1) is 9.13. The van der Waals surface area contributed by atoms with Gasteiger partial charge in [-0.15, -0.1) is 0 Å². The van der Waals surface area contributed by atoms with Crippen molar-refractivity contribution in [2.75, 3.05) is 6.54 Å². The van der Waals surface area contributed by atoms with Crippen LogP contribution in [0.5, 0.6) is 0 Å². The van der Waals surface area contributed by atoms with Gasteiger partial charge in [-0.25, -0.2) is 4.39 Å². The fourth-order valence-electron chi connectivity index (χ4n) is 2.17. The van der Waals surface area contributed by atoms with Crippen molar-refractivity contribution >= 4 is 11.6 Å². The van der Waals surface area contributed by atoms with Gasteiger partial charge in [0.2, 0.25) is 0 Å². The van der Waals surface area contributed by atoms with Gasteiger partial charge < -0.3 is 5.32 Å². The monoisotopic (exact) mass is 277 g/mol. The highest BCUT2D eigenvalue weighted by molar-refractivity contribution is 6.31. The lowest BCUT2D eigenvalue weighted by Crippen LogP contribution is -2.22. The molecule has 1 N–H and O–H groups in total. The van der Waals surface area contributed by atoms with Crippen molar-refractivity contribution in [2.24, 2.45) is 0 Å². The Morgan fingerprint density at radius 3 is 2.58 bits per heavy atom. The average molecular weight is 278 g/mol. The SMILES string of the molecule is CCNC(c1ccc(F)c(C)c1)c1ccccc1Cl. The van der Waals surface area contributed by atoms with Crippen LogP contribution in [0.3, 0.4) is 0 Å². The van der Waals surface area contributed by atoms with Gasteiger partial charge in [0.15, 0.2) is 0 Å². The summed E-state index contributed by atoms with van der Waals surface area (Å²) in [6, 6.07) is 12.9. The van der Waals surface area contributed by atoms with Crippen LogP contribution in [0.25, 0.3) is 0 Å². The lowest BCUT2D eigenvalue weighted by Gasteiger charge is -2.20. The van der Waals surface area contributed by atoms with Crippen LogP contribution in [-0.2, 0) is 0 Å². The van der Waals surface area contributed by atoms with E-state index >= 15 is 0 Å². The number of rotatable bonds is 4. The molecule has 0 radical (unpaired) electrons. The summed E-state index contributed by atoms with van der Waals surface area (Å²) in [5.74, 6) is -0.182. The van der Waals surface area contributed by atoms with Crippen molar-refractivity contribution in [1.29, 1.82) is 0 Å². The van der Waals surface area contributed by atoms with Crippen molar-refractivity contribution in [3.8, 4) is 0 Å². The molecule has 1 atom stereocenters. The number of benzene rings is 2. The number of hydrogen-bond donors (Lipinski definition) is 1. The molecule has 1 nitrogen and oxygen atoms in total. The Kier molecular flexibility index (Phi) is 4.56. The van der Waals surface area contributed by atoms with Gasteiger partial charge >= 0.3 is 0 Å². The summed E-state index contributed by atoms with van der Waals surface area (Å²) in [6.45, 7) is 4.63. The molecule has 100 valence electrons. The summed E-state index contributed by atoms with van der Waals surface area (Å²) in [7, 11) is 0. The predicted octanol–water partition coefficient (Wildman–Crippen LogP) is 4.49. The molecule has 2 aromatic rings. The lowest BCUT2D eigenvalue weighted by molar-refractivity contribution is 0.606. The molecule has 0 fully saturated rings. The minimum atomic E-state index is -0.182. The topological polar surface area (TPSA) is 12.0 Å². The fraction of sp³-hybridized carbons (Fsp3) is 0.250. The van der Waals surface area contributed by atoms with Crippen molar-refractivity contribution in [1.82, 2.24) is 5.32 Å². The molecule has 0 aliphatic rings. The zero-order valence-electron chi connectivity index (χ0n) is 11.1. The normalized spacial score (nSPS) is 12.4. The second-order valence-corrected chi connectivity index (χ2v) is 4.93. The van der Waals surface area contributed by atoms with Gasteiger partial charge in [-0.3, -0.25) is 0 Å². The molecule has 0 aliphatic carbocycles. The number of aryl methyl sites for hydroxylation is 1. The highest BCUT2D eigenvalue weighted by atomic mass is 35.5. The summed E-state index contributed by atoms with van der Waals surface area (Å²) in [5, 5.41) is 4.11. The van der Waals surface area contributed by atoms with Gasteiger partial charge in [0, 0.05) is 5.02 Å². The molecule has 1 unspecified atom stereocenters. The first-order valence-electron chi connectivity index (χ1n) is 6.37. The Balaban J connectivity index is 2.45. The molecule has 0 saturated carbocycles. The molecule has 2 aromatic carbocycles. The Labute approximate surface area is 118 Å². The Morgan fingerprint density at radius 1 is 1.21 bits per heavy atom. The number of nitrogens with one attached hydrogen (secondary N) is 1. The third-order valence-electron chi connectivity index (χ3n) is 3.14. The van der Waals surface area contributed by atoms with E-state index < -0.39 is 0 Å². The maximum absolute atomic E-state index is 13.4. The third kappa shape index (κ3) is 3.14. The summed E-state index contributed by atoms with van der Waals surface area (Å²) < 4.78 is 13.4. The molecule has 0 aliphatic heterocycles. The predicted molar refractivity (Wildman–Crippen MR) is 78.1 cm³/mol. The number of hydrogen-bond acceptors (Lipinski definition) is 1. The van der Waals surface area contributed by atoms with Crippen molar-refractivity contribution < 1.29 is 4.39 Å². The highest BCUT2D eigenvalue weighted by Crippen LogP contribution is 2.29. The molecule has 0 saturated heterocycles. The summed E-state index contributed by atoms with van der Waals surface area (Å²) >= 11 is 6.26. The maximum Gasteiger partial charge on any atom is 0.126 e. The highest BCUT2D eigenvalue weighted by Gasteiger charge is 2.16. The molecular weight excluding hydrogens is 261 g/mol. The van der Waals surface area contributed by atoms with E-state index in [0.717, 1.165) is 22.7 Å². The van der Waals surface area contributed by atoms with Crippen LogP contribution >= 0.6 is 11.6 Å². The largest absolute Gasteiger partial charge is 0.306 e. The van der Waals surface area contributed by atoms with Crippen LogP contribution in [0.1, 0.15) is 29.7 Å². The summed E-state index contributed by atoms with van der Waals surface area (Å²) in [4.78, 5) is 0. The molecule has 0 aromatic heterocycles. The third-order valence-corrected chi connectivity index (χ3v) is 3.48. The van der Waals surface area contributed by atoms with Crippen LogP contribution in [0.15, 0.2) is 42.5 Å². The van der Waals surface area contributed by atoms with E-state index in [4.69, 9.17) is 11.6 Å². The first-order valence-corrected chi connectivity index (χ1v) is 6.75. The van der Waals surface area contributed by atoms with E-state index in [-0.39, 0.29) is 11.9 Å². The molecule has 0 bridgehead atoms. The van der Waals surface area contributed by atoms with Gasteiger partial charge in [-0.1, -0.05) is 48.9 Å². The average Bonchev–Trinajstić information content (AvgIpc) is 2.40. The second-order valence-electron chi connectivity index (χ2n) is 4.52. The van der Waals surface area contributed by atoms with Crippen LogP contribution < -0.4 is 5.32 Å². The Bertz CT molecular complexity index is 568. The van der Waals surface area contributed by atoms with E-state index in [2.05, 4.69) is 5.32 Å². The molecule has 0 amide bonds. The van der Waals surface area contributed by atoms with E-state index in [1.165, 1.54) is 6.07 Å². The molecule has 3 heteroatoms. The Hall–Kier alpha value is -1.38. The minimum absolute atomic E-state index is 0.0157. The van der Waals surface area contributed by atoms with E-state index in [1.807, 2.05) is 37.3 Å². The van der Waals surface area contributed by atoms with E-state index in [9.17, 15) is 4.39 Å². The van der Waals surface area contributed by atoms with Crippen LogP contribution in [0, 0.1) is 12.7 Å². The molecule has 0 heterocycles. The van der Waals surface area contributed by atoms with Gasteiger partial charge in [0.1, 0.15) is 5.82 Å². The maximum atomic E-state index is 13.4. The van der Waals surface area contributed by atoms with Crippen molar-refractivity contribution in [3.05, 3.63) is 70.0 Å². The quantitative estimate of drug-likeness (QED) is 0.868. The van der Waals surface area contributed by atoms with Crippen molar-refractivity contribution in [2.45, 2.75) is 19.9 Å². The Morgan fingerprint density at radius 2 is 1.95 bits per heavy atom. The number of halogens is 2. The summed E-state index contributed by atoms with van der Waals surface area (Å²) in [5.41, 5.74) is 2.68. The van der Waals surface area contributed by atoms with Gasteiger partial charge in [-0.2, -0.15) is 0 Å². The minimum Gasteiger partial charge on any atom is -0.306 e. The van der Waals surface area contributed by atoms with Crippen LogP contribution in [-0.4, -0.2) is 6.54 Å². The molecule has 2 rings (SSSR count). The fourth-order valence-corrected chi connectivity index (χ4v) is 2.41. The van der Waals surface area contributed by atoms with Crippen LogP contribution in [0.2, 0.25) is 5.02 Å². The molecule has 19 heavy (non-hydrogen) atoms. The molecular formula is C16H17ClFN. The van der Waals surface area contributed by atoms with E-state index in [1.54, 1.807) is 13.0 Å². The van der Waals surface area contributed by atoms with Gasteiger partial charge in [-0.05, 0) is 42.3 Å². The molecule has 0 spiro atoms. The van der Waals surface area contributed by atoms with Crippen LogP contribution in [0.4, 0.5) is 4.39 Å².